The standard InChI is InChI=1S/C24H26F3N3O3/c25-5-1-19-20(29-23(33-19)30-6-4-24(12-30)2-3-24)22(31)28-15-10-17(26)21(18(27)11-15)32-16-8-13-7-14(13)9-16/h10-11,13-14,16H,1-9,12H2,(H,28,31)/t13-,14?,16+/m0/s1. The summed E-state index contributed by atoms with van der Waals surface area (Å²) in [5.74, 6) is -1.48. The molecule has 4 fully saturated rings. The van der Waals surface area contributed by atoms with E-state index in [9.17, 15) is 18.0 Å². The lowest BCUT2D eigenvalue weighted by Crippen LogP contribution is -2.21. The van der Waals surface area contributed by atoms with Crippen LogP contribution in [0, 0.1) is 28.9 Å². The zero-order valence-corrected chi connectivity index (χ0v) is 18.2. The van der Waals surface area contributed by atoms with E-state index in [0.717, 1.165) is 44.5 Å². The number of carbonyl (C=O) groups is 1. The molecule has 33 heavy (non-hydrogen) atoms. The number of hydrogen-bond donors (Lipinski definition) is 1. The number of amides is 1. The molecule has 1 saturated heterocycles. The van der Waals surface area contributed by atoms with Crippen molar-refractivity contribution in [1.82, 2.24) is 4.98 Å². The van der Waals surface area contributed by atoms with Gasteiger partial charge < -0.3 is 19.4 Å². The van der Waals surface area contributed by atoms with Crippen LogP contribution in [0.4, 0.5) is 24.9 Å². The molecule has 1 amide bonds. The summed E-state index contributed by atoms with van der Waals surface area (Å²) in [5.41, 5.74) is 0.200. The Labute approximate surface area is 189 Å². The topological polar surface area (TPSA) is 67.6 Å². The Hall–Kier alpha value is -2.71. The van der Waals surface area contributed by atoms with Crippen LogP contribution in [-0.2, 0) is 6.42 Å². The maximum Gasteiger partial charge on any atom is 0.298 e. The molecule has 6 rings (SSSR count). The summed E-state index contributed by atoms with van der Waals surface area (Å²) >= 11 is 0. The van der Waals surface area contributed by atoms with E-state index < -0.39 is 30.0 Å². The van der Waals surface area contributed by atoms with Gasteiger partial charge in [0.05, 0.1) is 12.8 Å². The van der Waals surface area contributed by atoms with Gasteiger partial charge in [0, 0.05) is 37.3 Å². The lowest BCUT2D eigenvalue weighted by atomic mass is 10.1. The summed E-state index contributed by atoms with van der Waals surface area (Å²) in [6, 6.07) is 2.35. The largest absolute Gasteiger partial charge is 0.484 e. The maximum absolute atomic E-state index is 14.6. The number of oxazole rings is 1. The molecule has 1 N–H and O–H groups in total. The number of aromatic nitrogens is 1. The number of alkyl halides is 1. The fourth-order valence-electron chi connectivity index (χ4n) is 5.45. The van der Waals surface area contributed by atoms with Gasteiger partial charge in [-0.3, -0.25) is 9.18 Å². The first-order valence-corrected chi connectivity index (χ1v) is 11.7. The number of nitrogens with zero attached hydrogens (tertiary/aromatic N) is 2. The molecular formula is C24H26F3N3O3. The van der Waals surface area contributed by atoms with Gasteiger partial charge >= 0.3 is 0 Å². The van der Waals surface area contributed by atoms with Crippen LogP contribution in [0.3, 0.4) is 0 Å². The Kier molecular flexibility index (Phi) is 4.85. The molecule has 2 heterocycles. The molecule has 3 saturated carbocycles. The highest BCUT2D eigenvalue weighted by Crippen LogP contribution is 2.54. The number of halogens is 3. The summed E-state index contributed by atoms with van der Waals surface area (Å²) in [5, 5.41) is 2.47. The Balaban J connectivity index is 1.18. The molecule has 1 aromatic heterocycles. The summed E-state index contributed by atoms with van der Waals surface area (Å²) < 4.78 is 53.6. The summed E-state index contributed by atoms with van der Waals surface area (Å²) in [6.45, 7) is 0.873. The molecule has 1 aromatic carbocycles. The predicted molar refractivity (Wildman–Crippen MR) is 114 cm³/mol. The Morgan fingerprint density at radius 1 is 1.18 bits per heavy atom. The van der Waals surface area contributed by atoms with Crippen molar-refractivity contribution in [2.24, 2.45) is 17.3 Å². The van der Waals surface area contributed by atoms with Crippen LogP contribution < -0.4 is 15.0 Å². The molecule has 6 nitrogen and oxygen atoms in total. The van der Waals surface area contributed by atoms with Crippen molar-refractivity contribution < 1.29 is 27.1 Å². The smallest absolute Gasteiger partial charge is 0.298 e. The summed E-state index contributed by atoms with van der Waals surface area (Å²) in [6.07, 6.45) is 5.95. The van der Waals surface area contributed by atoms with Gasteiger partial charge in [0.2, 0.25) is 0 Å². The minimum absolute atomic E-state index is 0.0641. The summed E-state index contributed by atoms with van der Waals surface area (Å²) in [7, 11) is 0. The predicted octanol–water partition coefficient (Wildman–Crippen LogP) is 4.88. The average molecular weight is 461 g/mol. The zero-order chi connectivity index (χ0) is 22.7. The maximum atomic E-state index is 14.6. The second-order valence-corrected chi connectivity index (χ2v) is 10.1. The highest BCUT2D eigenvalue weighted by Gasteiger charge is 2.49. The molecule has 4 aliphatic rings. The second kappa shape index (κ2) is 7.67. The highest BCUT2D eigenvalue weighted by atomic mass is 19.1. The Bertz CT molecular complexity index is 1070. The summed E-state index contributed by atoms with van der Waals surface area (Å²) in [4.78, 5) is 19.1. The van der Waals surface area contributed by atoms with Crippen LogP contribution in [0.2, 0.25) is 0 Å². The van der Waals surface area contributed by atoms with Gasteiger partial charge in [-0.25, -0.2) is 8.78 Å². The molecular weight excluding hydrogens is 435 g/mol. The van der Waals surface area contributed by atoms with Crippen LogP contribution >= 0.6 is 0 Å². The van der Waals surface area contributed by atoms with E-state index in [1.165, 1.54) is 19.3 Å². The molecule has 0 radical (unpaired) electrons. The van der Waals surface area contributed by atoms with Crippen LogP contribution in [0.15, 0.2) is 16.5 Å². The minimum Gasteiger partial charge on any atom is -0.484 e. The molecule has 176 valence electrons. The lowest BCUT2D eigenvalue weighted by Gasteiger charge is -2.17. The molecule has 1 aliphatic heterocycles. The highest BCUT2D eigenvalue weighted by molar-refractivity contribution is 6.03. The van der Waals surface area contributed by atoms with Crippen LogP contribution in [0.5, 0.6) is 5.75 Å². The van der Waals surface area contributed by atoms with Crippen molar-refractivity contribution in [3.8, 4) is 5.75 Å². The number of rotatable bonds is 7. The molecule has 3 aliphatic carbocycles. The average Bonchev–Trinajstić information content (AvgIpc) is 3.50. The van der Waals surface area contributed by atoms with Gasteiger partial charge in [0.25, 0.3) is 11.9 Å². The van der Waals surface area contributed by atoms with Crippen molar-refractivity contribution in [3.63, 3.8) is 0 Å². The SMILES string of the molecule is O=C(Nc1cc(F)c(O[C@H]2CC3C[C@H]3C2)c(F)c1)c1nc(N2CCC3(CC3)C2)oc1CCF. The normalized spacial score (nSPS) is 26.5. The number of anilines is 2. The van der Waals surface area contributed by atoms with Gasteiger partial charge in [0.15, 0.2) is 23.1 Å². The molecule has 1 spiro atoms. The zero-order valence-electron chi connectivity index (χ0n) is 18.2. The number of aryl methyl sites for hydroxylation is 1. The van der Waals surface area contributed by atoms with Gasteiger partial charge in [-0.05, 0) is 55.8 Å². The fraction of sp³-hybridized carbons (Fsp3) is 0.583. The van der Waals surface area contributed by atoms with E-state index in [-0.39, 0.29) is 29.7 Å². The molecule has 0 bridgehead atoms. The van der Waals surface area contributed by atoms with Crippen molar-refractivity contribution in [2.45, 2.75) is 51.0 Å². The van der Waals surface area contributed by atoms with E-state index in [2.05, 4.69) is 10.3 Å². The number of benzene rings is 1. The van der Waals surface area contributed by atoms with Gasteiger partial charge in [-0.15, -0.1) is 0 Å². The molecule has 1 unspecified atom stereocenters. The minimum atomic E-state index is -0.873. The van der Waals surface area contributed by atoms with E-state index in [1.54, 1.807) is 0 Å². The third-order valence-corrected chi connectivity index (χ3v) is 7.63. The molecule has 3 atom stereocenters. The molecule has 9 heteroatoms. The number of ether oxygens (including phenoxy) is 1. The van der Waals surface area contributed by atoms with Crippen LogP contribution in [0.25, 0.3) is 0 Å². The number of nitrogens with one attached hydrogen (secondary N) is 1. The quantitative estimate of drug-likeness (QED) is 0.636. The lowest BCUT2D eigenvalue weighted by molar-refractivity contribution is 0.102. The number of hydrogen-bond acceptors (Lipinski definition) is 5. The first-order valence-electron chi connectivity index (χ1n) is 11.7. The van der Waals surface area contributed by atoms with Crippen molar-refractivity contribution >= 4 is 17.6 Å². The first kappa shape index (κ1) is 20.9. The van der Waals surface area contributed by atoms with Crippen LogP contribution in [0.1, 0.15) is 54.8 Å². The Morgan fingerprint density at radius 3 is 2.55 bits per heavy atom. The van der Waals surface area contributed by atoms with Crippen molar-refractivity contribution in [1.29, 1.82) is 0 Å². The van der Waals surface area contributed by atoms with Gasteiger partial charge in [-0.2, -0.15) is 4.98 Å². The third kappa shape index (κ3) is 3.95. The van der Waals surface area contributed by atoms with Crippen molar-refractivity contribution in [3.05, 3.63) is 35.2 Å². The number of carbonyl (C=O) groups excluding carboxylic acids is 1. The monoisotopic (exact) mass is 461 g/mol. The van der Waals surface area contributed by atoms with Gasteiger partial charge in [-0.1, -0.05) is 0 Å². The fourth-order valence-corrected chi connectivity index (χ4v) is 5.45. The second-order valence-electron chi connectivity index (χ2n) is 10.1. The van der Waals surface area contributed by atoms with Crippen molar-refractivity contribution in [2.75, 3.05) is 30.0 Å². The number of fused-ring (bicyclic) bond motifs is 1. The first-order chi connectivity index (χ1) is 15.9. The van der Waals surface area contributed by atoms with Gasteiger partial charge in [0.1, 0.15) is 5.76 Å². The van der Waals surface area contributed by atoms with E-state index >= 15 is 0 Å². The Morgan fingerprint density at radius 2 is 1.91 bits per heavy atom. The van der Waals surface area contributed by atoms with E-state index in [4.69, 9.17) is 9.15 Å². The van der Waals surface area contributed by atoms with E-state index in [1.807, 2.05) is 4.90 Å². The third-order valence-electron chi connectivity index (χ3n) is 7.63. The molecule has 2 aromatic rings. The van der Waals surface area contributed by atoms with Crippen LogP contribution in [-0.4, -0.2) is 36.8 Å². The van der Waals surface area contributed by atoms with E-state index in [0.29, 0.717) is 23.3 Å².